The van der Waals surface area contributed by atoms with E-state index in [4.69, 9.17) is 0 Å². The molecule has 1 atom stereocenters. The molecule has 1 aliphatic rings. The van der Waals surface area contributed by atoms with Gasteiger partial charge in [-0.25, -0.2) is 0 Å². The first-order chi connectivity index (χ1) is 9.70. The monoisotopic (exact) mass is 274 g/mol. The third kappa shape index (κ3) is 4.07. The summed E-state index contributed by atoms with van der Waals surface area (Å²) < 4.78 is 0. The summed E-state index contributed by atoms with van der Waals surface area (Å²) in [5, 5.41) is 3.51. The number of aryl methyl sites for hydroxylation is 1. The smallest absolute Gasteiger partial charge is 0.222 e. The van der Waals surface area contributed by atoms with Crippen molar-refractivity contribution >= 4 is 5.91 Å². The third-order valence-electron chi connectivity index (χ3n) is 4.00. The van der Waals surface area contributed by atoms with E-state index in [-0.39, 0.29) is 6.04 Å². The predicted molar refractivity (Wildman–Crippen MR) is 82.6 cm³/mol. The summed E-state index contributed by atoms with van der Waals surface area (Å²) in [6.07, 6.45) is 4.08. The van der Waals surface area contributed by atoms with Gasteiger partial charge < -0.3 is 10.2 Å². The Balaban J connectivity index is 2.07. The lowest BCUT2D eigenvalue weighted by atomic mass is 10.0. The number of amides is 1. The van der Waals surface area contributed by atoms with Gasteiger partial charge in [0.1, 0.15) is 0 Å². The van der Waals surface area contributed by atoms with Crippen LogP contribution in [0.1, 0.15) is 49.8 Å². The van der Waals surface area contributed by atoms with Crippen molar-refractivity contribution in [3.05, 3.63) is 35.4 Å². The molecule has 1 unspecified atom stereocenters. The molecule has 3 nitrogen and oxygen atoms in total. The van der Waals surface area contributed by atoms with Crippen LogP contribution >= 0.6 is 0 Å². The lowest BCUT2D eigenvalue weighted by Gasteiger charge is -2.27. The van der Waals surface area contributed by atoms with E-state index in [2.05, 4.69) is 43.4 Å². The highest BCUT2D eigenvalue weighted by Crippen LogP contribution is 2.18. The minimum atomic E-state index is 0.239. The number of rotatable bonds is 5. The van der Waals surface area contributed by atoms with E-state index in [9.17, 15) is 4.79 Å². The summed E-state index contributed by atoms with van der Waals surface area (Å²) in [4.78, 5) is 14.2. The molecule has 1 N–H and O–H groups in total. The van der Waals surface area contributed by atoms with Gasteiger partial charge in [-0.3, -0.25) is 4.79 Å². The van der Waals surface area contributed by atoms with Gasteiger partial charge in [0.25, 0.3) is 0 Å². The molecule has 110 valence electrons. The van der Waals surface area contributed by atoms with Crippen LogP contribution in [0.4, 0.5) is 0 Å². The molecule has 0 saturated carbocycles. The zero-order chi connectivity index (χ0) is 14.4. The molecule has 0 bridgehead atoms. The van der Waals surface area contributed by atoms with Gasteiger partial charge in [-0.15, -0.1) is 0 Å². The van der Waals surface area contributed by atoms with Gasteiger partial charge in [0, 0.05) is 25.6 Å². The van der Waals surface area contributed by atoms with Crippen LogP contribution in [0.15, 0.2) is 24.3 Å². The average Bonchev–Trinajstić information content (AvgIpc) is 2.64. The number of hydrogen-bond donors (Lipinski definition) is 1. The van der Waals surface area contributed by atoms with Crippen molar-refractivity contribution in [1.29, 1.82) is 0 Å². The molecule has 1 aromatic rings. The number of carbonyl (C=O) groups excluding carboxylic acids is 1. The summed E-state index contributed by atoms with van der Waals surface area (Å²) >= 11 is 0. The maximum atomic E-state index is 12.1. The Bertz CT molecular complexity index is 427. The fraction of sp³-hybridized carbons (Fsp3) is 0.588. The molecule has 0 radical (unpaired) electrons. The van der Waals surface area contributed by atoms with Crippen LogP contribution in [-0.4, -0.2) is 30.4 Å². The third-order valence-corrected chi connectivity index (χ3v) is 4.00. The molecule has 0 aromatic heterocycles. The van der Waals surface area contributed by atoms with Crippen LogP contribution in [0.2, 0.25) is 0 Å². The Morgan fingerprint density at radius 3 is 2.65 bits per heavy atom. The molecule has 1 amide bonds. The van der Waals surface area contributed by atoms with E-state index >= 15 is 0 Å². The Morgan fingerprint density at radius 2 is 1.95 bits per heavy atom. The minimum Gasteiger partial charge on any atom is -0.341 e. The van der Waals surface area contributed by atoms with Crippen molar-refractivity contribution in [1.82, 2.24) is 10.2 Å². The van der Waals surface area contributed by atoms with Gasteiger partial charge in [-0.1, -0.05) is 43.2 Å². The maximum Gasteiger partial charge on any atom is 0.222 e. The number of hydrogen-bond acceptors (Lipinski definition) is 2. The molecule has 1 fully saturated rings. The van der Waals surface area contributed by atoms with Crippen molar-refractivity contribution in [3.8, 4) is 0 Å². The van der Waals surface area contributed by atoms with Crippen molar-refractivity contribution in [3.63, 3.8) is 0 Å². The molecule has 0 aliphatic carbocycles. The Kier molecular flexibility index (Phi) is 5.60. The highest BCUT2D eigenvalue weighted by molar-refractivity contribution is 5.76. The Labute approximate surface area is 122 Å². The van der Waals surface area contributed by atoms with Gasteiger partial charge >= 0.3 is 0 Å². The largest absolute Gasteiger partial charge is 0.341 e. The summed E-state index contributed by atoms with van der Waals surface area (Å²) in [5.41, 5.74) is 2.55. The summed E-state index contributed by atoms with van der Waals surface area (Å²) in [6, 6.07) is 8.87. The number of carbonyl (C=O) groups is 1. The van der Waals surface area contributed by atoms with E-state index in [0.29, 0.717) is 12.3 Å². The van der Waals surface area contributed by atoms with Crippen molar-refractivity contribution in [2.75, 3.05) is 19.6 Å². The van der Waals surface area contributed by atoms with Crippen LogP contribution in [-0.2, 0) is 4.79 Å². The molecule has 0 spiro atoms. The van der Waals surface area contributed by atoms with Gasteiger partial charge in [-0.05, 0) is 31.9 Å². The molecular formula is C17H26N2O. The van der Waals surface area contributed by atoms with E-state index in [1.165, 1.54) is 17.5 Å². The summed E-state index contributed by atoms with van der Waals surface area (Å²) in [6.45, 7) is 6.83. The van der Waals surface area contributed by atoms with E-state index in [1.54, 1.807) is 0 Å². The maximum absolute atomic E-state index is 12.1. The van der Waals surface area contributed by atoms with Gasteiger partial charge in [0.05, 0.1) is 0 Å². The molecular weight excluding hydrogens is 248 g/mol. The topological polar surface area (TPSA) is 32.3 Å². The van der Waals surface area contributed by atoms with Gasteiger partial charge in [0.2, 0.25) is 5.91 Å². The zero-order valence-electron chi connectivity index (χ0n) is 12.7. The Hall–Kier alpha value is -1.35. The molecule has 3 heteroatoms. The van der Waals surface area contributed by atoms with Crippen molar-refractivity contribution in [2.45, 2.75) is 45.6 Å². The number of nitrogens with zero attached hydrogens (tertiary/aromatic N) is 1. The predicted octanol–water partition coefficient (Wildman–Crippen LogP) is 3.05. The second-order valence-corrected chi connectivity index (χ2v) is 5.67. The second kappa shape index (κ2) is 7.44. The van der Waals surface area contributed by atoms with E-state index in [0.717, 1.165) is 32.5 Å². The second-order valence-electron chi connectivity index (χ2n) is 5.67. The molecule has 1 saturated heterocycles. The number of nitrogens with one attached hydrogen (secondary N) is 1. The molecule has 2 rings (SSSR count). The lowest BCUT2D eigenvalue weighted by molar-refractivity contribution is -0.131. The normalized spacial score (nSPS) is 17.9. The number of likely N-dealkylation sites (N-methyl/N-ethyl adjacent to an activating group) is 1. The highest BCUT2D eigenvalue weighted by atomic mass is 16.2. The van der Waals surface area contributed by atoms with E-state index in [1.807, 2.05) is 4.90 Å². The molecule has 20 heavy (non-hydrogen) atoms. The lowest BCUT2D eigenvalue weighted by Crippen LogP contribution is -2.38. The zero-order valence-corrected chi connectivity index (χ0v) is 12.7. The van der Waals surface area contributed by atoms with Crippen LogP contribution in [0, 0.1) is 6.92 Å². The van der Waals surface area contributed by atoms with Crippen LogP contribution in [0.25, 0.3) is 0 Å². The summed E-state index contributed by atoms with van der Waals surface area (Å²) in [5.74, 6) is 0.317. The van der Waals surface area contributed by atoms with Gasteiger partial charge in [-0.2, -0.15) is 0 Å². The summed E-state index contributed by atoms with van der Waals surface area (Å²) in [7, 11) is 0. The van der Waals surface area contributed by atoms with Crippen LogP contribution in [0.3, 0.4) is 0 Å². The van der Waals surface area contributed by atoms with Crippen molar-refractivity contribution < 1.29 is 4.79 Å². The minimum absolute atomic E-state index is 0.239. The fourth-order valence-electron chi connectivity index (χ4n) is 2.78. The first-order valence-electron chi connectivity index (χ1n) is 7.78. The quantitative estimate of drug-likeness (QED) is 0.895. The number of likely N-dealkylation sites (tertiary alicyclic amines) is 1. The first kappa shape index (κ1) is 15.0. The van der Waals surface area contributed by atoms with Crippen molar-refractivity contribution in [2.24, 2.45) is 0 Å². The standard InChI is InChI=1S/C17H26N2O/c1-3-18-16(15-10-8-14(2)9-11-15)13-19-12-6-4-5-7-17(19)20/h8-11,16,18H,3-7,12-13H2,1-2H3. The van der Waals surface area contributed by atoms with E-state index < -0.39 is 0 Å². The Morgan fingerprint density at radius 1 is 1.20 bits per heavy atom. The molecule has 1 aromatic carbocycles. The molecule has 1 heterocycles. The van der Waals surface area contributed by atoms with Crippen LogP contribution in [0.5, 0.6) is 0 Å². The van der Waals surface area contributed by atoms with Crippen LogP contribution < -0.4 is 5.32 Å². The van der Waals surface area contributed by atoms with Gasteiger partial charge in [0.15, 0.2) is 0 Å². The highest BCUT2D eigenvalue weighted by Gasteiger charge is 2.21. The molecule has 1 aliphatic heterocycles. The average molecular weight is 274 g/mol. The fourth-order valence-corrected chi connectivity index (χ4v) is 2.78. The number of benzene rings is 1. The SMILES string of the molecule is CCNC(CN1CCCCCC1=O)c1ccc(C)cc1. The first-order valence-corrected chi connectivity index (χ1v) is 7.78.